The Morgan fingerprint density at radius 2 is 1.52 bits per heavy atom. The maximum atomic E-state index is 12.8. The fraction of sp³-hybridized carbons (Fsp3) is 0.0870. The maximum Gasteiger partial charge on any atom is 0.337 e. The van der Waals surface area contributed by atoms with Gasteiger partial charge in [-0.15, -0.1) is 0 Å². The Balaban J connectivity index is 1.72. The molecule has 1 N–H and O–H groups in total. The number of amides is 1. The Kier molecular flexibility index (Phi) is 4.83. The number of benzene rings is 3. The minimum absolute atomic E-state index is 0.0176. The predicted molar refractivity (Wildman–Crippen MR) is 112 cm³/mol. The van der Waals surface area contributed by atoms with E-state index in [1.54, 1.807) is 48.5 Å². The Hall–Kier alpha value is -3.93. The summed E-state index contributed by atoms with van der Waals surface area (Å²) >= 11 is 0. The standard InChI is InChI=1S/C23H18N2O4/c1-29-23(28)15-7-6-8-16(13-15)24-21(26)14-25-19-11-4-2-9-17(19)22(27)18-10-3-5-12-20(18)25/h2-13H,14H2,1H3,(H,24,26). The van der Waals surface area contributed by atoms with E-state index < -0.39 is 5.97 Å². The maximum absolute atomic E-state index is 12.8. The Morgan fingerprint density at radius 3 is 2.14 bits per heavy atom. The molecule has 4 aromatic rings. The zero-order valence-electron chi connectivity index (χ0n) is 15.7. The van der Waals surface area contributed by atoms with Gasteiger partial charge in [0.2, 0.25) is 5.91 Å². The number of carbonyl (C=O) groups is 2. The molecule has 0 spiro atoms. The zero-order valence-corrected chi connectivity index (χ0v) is 15.7. The van der Waals surface area contributed by atoms with E-state index in [1.807, 2.05) is 28.8 Å². The topological polar surface area (TPSA) is 77.4 Å². The number of esters is 1. The molecule has 0 saturated carbocycles. The molecule has 29 heavy (non-hydrogen) atoms. The van der Waals surface area contributed by atoms with Crippen molar-refractivity contribution in [2.24, 2.45) is 0 Å². The van der Waals surface area contributed by atoms with Crippen LogP contribution in [0.5, 0.6) is 0 Å². The van der Waals surface area contributed by atoms with Gasteiger partial charge < -0.3 is 14.6 Å². The molecule has 0 atom stereocenters. The largest absolute Gasteiger partial charge is 0.465 e. The monoisotopic (exact) mass is 386 g/mol. The van der Waals surface area contributed by atoms with Crippen LogP contribution in [0.1, 0.15) is 10.4 Å². The molecule has 0 unspecified atom stereocenters. The summed E-state index contributed by atoms with van der Waals surface area (Å²) in [5.41, 5.74) is 2.17. The van der Waals surface area contributed by atoms with Gasteiger partial charge in [-0.05, 0) is 42.5 Å². The third-order valence-corrected chi connectivity index (χ3v) is 4.75. The molecule has 0 bridgehead atoms. The predicted octanol–water partition coefficient (Wildman–Crippen LogP) is 3.58. The molecule has 3 aromatic carbocycles. The number of para-hydroxylation sites is 2. The lowest BCUT2D eigenvalue weighted by molar-refractivity contribution is -0.116. The minimum atomic E-state index is -0.474. The molecule has 0 fully saturated rings. The first-order valence-corrected chi connectivity index (χ1v) is 9.07. The van der Waals surface area contributed by atoms with E-state index in [0.717, 1.165) is 0 Å². The van der Waals surface area contributed by atoms with Crippen molar-refractivity contribution < 1.29 is 14.3 Å². The molecule has 6 nitrogen and oxygen atoms in total. The van der Waals surface area contributed by atoms with Crippen LogP contribution < -0.4 is 10.7 Å². The Bertz CT molecular complexity index is 1250. The van der Waals surface area contributed by atoms with E-state index in [2.05, 4.69) is 5.32 Å². The summed E-state index contributed by atoms with van der Waals surface area (Å²) in [5, 5.41) is 3.93. The summed E-state index contributed by atoms with van der Waals surface area (Å²) in [4.78, 5) is 37.3. The molecular weight excluding hydrogens is 368 g/mol. The van der Waals surface area contributed by atoms with E-state index in [9.17, 15) is 14.4 Å². The number of hydrogen-bond donors (Lipinski definition) is 1. The third-order valence-electron chi connectivity index (χ3n) is 4.75. The second-order valence-electron chi connectivity index (χ2n) is 6.57. The van der Waals surface area contributed by atoms with Gasteiger partial charge in [-0.25, -0.2) is 4.79 Å². The number of ether oxygens (including phenoxy) is 1. The van der Waals surface area contributed by atoms with Crippen molar-refractivity contribution in [2.75, 3.05) is 12.4 Å². The van der Waals surface area contributed by atoms with Crippen LogP contribution in [0.15, 0.2) is 77.6 Å². The highest BCUT2D eigenvalue weighted by Crippen LogP contribution is 2.19. The quantitative estimate of drug-likeness (QED) is 0.430. The first kappa shape index (κ1) is 18.4. The molecule has 0 saturated heterocycles. The summed E-state index contributed by atoms with van der Waals surface area (Å²) in [6.45, 7) is 0.0176. The van der Waals surface area contributed by atoms with Crippen molar-refractivity contribution in [3.8, 4) is 0 Å². The average Bonchev–Trinajstić information content (AvgIpc) is 2.76. The summed E-state index contributed by atoms with van der Waals surface area (Å²) < 4.78 is 6.54. The number of rotatable bonds is 4. The highest BCUT2D eigenvalue weighted by atomic mass is 16.5. The number of anilines is 1. The van der Waals surface area contributed by atoms with Crippen LogP contribution in [0.4, 0.5) is 5.69 Å². The lowest BCUT2D eigenvalue weighted by Crippen LogP contribution is -2.21. The molecule has 0 aliphatic heterocycles. The number of aromatic nitrogens is 1. The molecule has 0 aliphatic carbocycles. The van der Waals surface area contributed by atoms with Gasteiger partial charge in [0, 0.05) is 16.5 Å². The smallest absolute Gasteiger partial charge is 0.337 e. The molecule has 1 amide bonds. The first-order chi connectivity index (χ1) is 14.1. The van der Waals surface area contributed by atoms with E-state index in [1.165, 1.54) is 7.11 Å². The van der Waals surface area contributed by atoms with E-state index in [4.69, 9.17) is 4.74 Å². The van der Waals surface area contributed by atoms with Gasteiger partial charge in [-0.3, -0.25) is 9.59 Å². The van der Waals surface area contributed by atoms with Gasteiger partial charge in [0.25, 0.3) is 0 Å². The van der Waals surface area contributed by atoms with Gasteiger partial charge in [-0.1, -0.05) is 30.3 Å². The number of methoxy groups -OCH3 is 1. The SMILES string of the molecule is COC(=O)c1cccc(NC(=O)Cn2c3ccccc3c(=O)c3ccccc32)c1. The summed E-state index contributed by atoms with van der Waals surface area (Å²) in [6, 6.07) is 21.0. The van der Waals surface area contributed by atoms with Gasteiger partial charge in [0.1, 0.15) is 6.54 Å². The molecule has 6 heteroatoms. The fourth-order valence-corrected chi connectivity index (χ4v) is 3.43. The van der Waals surface area contributed by atoms with Crippen molar-refractivity contribution >= 4 is 39.4 Å². The van der Waals surface area contributed by atoms with Crippen LogP contribution in [0.3, 0.4) is 0 Å². The van der Waals surface area contributed by atoms with Crippen LogP contribution in [-0.4, -0.2) is 23.6 Å². The van der Waals surface area contributed by atoms with Crippen molar-refractivity contribution in [1.82, 2.24) is 4.57 Å². The van der Waals surface area contributed by atoms with Gasteiger partial charge in [-0.2, -0.15) is 0 Å². The molecule has 1 heterocycles. The van der Waals surface area contributed by atoms with Crippen molar-refractivity contribution in [3.05, 3.63) is 88.6 Å². The molecule has 0 radical (unpaired) electrons. The Morgan fingerprint density at radius 1 is 0.897 bits per heavy atom. The number of pyridine rings is 1. The molecule has 144 valence electrons. The fourth-order valence-electron chi connectivity index (χ4n) is 3.43. The molecular formula is C23H18N2O4. The van der Waals surface area contributed by atoms with Crippen molar-refractivity contribution in [2.45, 2.75) is 6.54 Å². The molecule has 0 aliphatic rings. The Labute approximate surface area is 166 Å². The zero-order chi connectivity index (χ0) is 20.4. The van der Waals surface area contributed by atoms with E-state index in [0.29, 0.717) is 33.1 Å². The minimum Gasteiger partial charge on any atom is -0.465 e. The number of hydrogen-bond acceptors (Lipinski definition) is 4. The highest BCUT2D eigenvalue weighted by molar-refractivity contribution is 5.98. The lowest BCUT2D eigenvalue weighted by atomic mass is 10.1. The van der Waals surface area contributed by atoms with Crippen molar-refractivity contribution in [3.63, 3.8) is 0 Å². The summed E-state index contributed by atoms with van der Waals surface area (Å²) in [6.07, 6.45) is 0. The number of fused-ring (bicyclic) bond motifs is 2. The number of carbonyl (C=O) groups excluding carboxylic acids is 2. The molecule has 4 rings (SSSR count). The van der Waals surface area contributed by atoms with Gasteiger partial charge in [0.05, 0.1) is 23.7 Å². The molecule has 1 aromatic heterocycles. The van der Waals surface area contributed by atoms with Gasteiger partial charge >= 0.3 is 5.97 Å². The summed E-state index contributed by atoms with van der Waals surface area (Å²) in [5.74, 6) is -0.746. The lowest BCUT2D eigenvalue weighted by Gasteiger charge is -2.15. The highest BCUT2D eigenvalue weighted by Gasteiger charge is 2.13. The van der Waals surface area contributed by atoms with Crippen LogP contribution in [0, 0.1) is 0 Å². The average molecular weight is 386 g/mol. The normalized spacial score (nSPS) is 10.8. The van der Waals surface area contributed by atoms with E-state index >= 15 is 0 Å². The second-order valence-corrected chi connectivity index (χ2v) is 6.57. The summed E-state index contributed by atoms with van der Waals surface area (Å²) in [7, 11) is 1.31. The number of nitrogens with one attached hydrogen (secondary N) is 1. The number of nitrogens with zero attached hydrogens (tertiary/aromatic N) is 1. The second kappa shape index (κ2) is 7.59. The first-order valence-electron chi connectivity index (χ1n) is 9.07. The van der Waals surface area contributed by atoms with Crippen LogP contribution in [0.2, 0.25) is 0 Å². The van der Waals surface area contributed by atoms with E-state index in [-0.39, 0.29) is 17.9 Å². The third kappa shape index (κ3) is 3.48. The van der Waals surface area contributed by atoms with Crippen molar-refractivity contribution in [1.29, 1.82) is 0 Å². The van der Waals surface area contributed by atoms with Crippen LogP contribution >= 0.6 is 0 Å². The van der Waals surface area contributed by atoms with Crippen LogP contribution in [-0.2, 0) is 16.1 Å². The van der Waals surface area contributed by atoms with Gasteiger partial charge in [0.15, 0.2) is 5.43 Å². The van der Waals surface area contributed by atoms with Crippen LogP contribution in [0.25, 0.3) is 21.8 Å².